The quantitative estimate of drug-likeness (QED) is 0.230. The van der Waals surface area contributed by atoms with Crippen molar-refractivity contribution < 1.29 is 0 Å². The highest BCUT2D eigenvalue weighted by Crippen LogP contribution is 2.08. The number of hydrazine groups is 1. The Morgan fingerprint density at radius 3 is 2.67 bits per heavy atom. The van der Waals surface area contributed by atoms with Crippen LogP contribution in [0.2, 0.25) is 0 Å². The molecule has 3 heteroatoms. The summed E-state index contributed by atoms with van der Waals surface area (Å²) < 4.78 is 0. The van der Waals surface area contributed by atoms with Gasteiger partial charge in [-0.15, -0.1) is 0 Å². The Hall–Kier alpha value is -0.380. The molecule has 0 heterocycles. The van der Waals surface area contributed by atoms with E-state index >= 15 is 0 Å². The summed E-state index contributed by atoms with van der Waals surface area (Å²) in [6.07, 6.45) is 3.37. The summed E-state index contributed by atoms with van der Waals surface area (Å²) in [5.41, 5.74) is 3.91. The van der Waals surface area contributed by atoms with Crippen molar-refractivity contribution in [1.29, 1.82) is 0 Å². The van der Waals surface area contributed by atoms with E-state index in [1.807, 2.05) is 7.05 Å². The van der Waals surface area contributed by atoms with Crippen LogP contribution in [0.4, 0.5) is 0 Å². The maximum atomic E-state index is 5.15. The smallest absolute Gasteiger partial charge is 0.0245 e. The summed E-state index contributed by atoms with van der Waals surface area (Å²) in [5, 5.41) is 3.17. The molecule has 12 heavy (non-hydrogen) atoms. The van der Waals surface area contributed by atoms with Gasteiger partial charge in [0.1, 0.15) is 0 Å². The van der Waals surface area contributed by atoms with Gasteiger partial charge in [0.05, 0.1) is 0 Å². The highest BCUT2D eigenvalue weighted by atomic mass is 15.2. The third-order valence-electron chi connectivity index (χ3n) is 2.11. The molecule has 0 spiro atoms. The van der Waals surface area contributed by atoms with Crippen molar-refractivity contribution in [1.82, 2.24) is 10.7 Å². The van der Waals surface area contributed by atoms with Crippen LogP contribution in [0, 0.1) is 0 Å². The van der Waals surface area contributed by atoms with Crippen LogP contribution in [0.3, 0.4) is 0 Å². The lowest BCUT2D eigenvalue weighted by Gasteiger charge is -2.13. The predicted octanol–water partition coefficient (Wildman–Crippen LogP) is 0.784. The largest absolute Gasteiger partial charge is 0.314 e. The van der Waals surface area contributed by atoms with Crippen molar-refractivity contribution in [2.75, 3.05) is 13.6 Å². The Bertz CT molecular complexity index is 123. The summed E-state index contributed by atoms with van der Waals surface area (Å²) in [7, 11) is 1.96. The van der Waals surface area contributed by atoms with Gasteiger partial charge in [-0.1, -0.05) is 12.2 Å². The van der Waals surface area contributed by atoms with E-state index in [4.69, 9.17) is 5.84 Å². The van der Waals surface area contributed by atoms with Crippen LogP contribution < -0.4 is 16.6 Å². The van der Waals surface area contributed by atoms with Gasteiger partial charge in [-0.05, 0) is 33.2 Å². The van der Waals surface area contributed by atoms with Gasteiger partial charge in [-0.2, -0.15) is 0 Å². The summed E-state index contributed by atoms with van der Waals surface area (Å²) >= 11 is 0. The van der Waals surface area contributed by atoms with E-state index in [0.29, 0.717) is 6.04 Å². The number of nitrogens with one attached hydrogen (secondary N) is 2. The van der Waals surface area contributed by atoms with Crippen LogP contribution >= 0.6 is 0 Å². The van der Waals surface area contributed by atoms with E-state index in [9.17, 15) is 0 Å². The van der Waals surface area contributed by atoms with Crippen LogP contribution in [0.1, 0.15) is 26.2 Å². The molecule has 1 unspecified atom stereocenters. The predicted molar refractivity (Wildman–Crippen MR) is 53.7 cm³/mol. The maximum absolute atomic E-state index is 5.15. The summed E-state index contributed by atoms with van der Waals surface area (Å²) in [6.45, 7) is 7.03. The molecule has 0 saturated heterocycles. The molecule has 0 aliphatic heterocycles. The molecule has 0 aliphatic carbocycles. The number of hydrogen-bond acceptors (Lipinski definition) is 3. The molecular weight excluding hydrogens is 150 g/mol. The molecule has 0 aromatic heterocycles. The first-order valence-electron chi connectivity index (χ1n) is 4.50. The van der Waals surface area contributed by atoms with Crippen molar-refractivity contribution in [3.63, 3.8) is 0 Å². The molecule has 1 atom stereocenters. The van der Waals surface area contributed by atoms with Crippen molar-refractivity contribution in [3.8, 4) is 0 Å². The molecule has 0 bridgehead atoms. The number of rotatable bonds is 7. The third-order valence-corrected chi connectivity index (χ3v) is 2.11. The van der Waals surface area contributed by atoms with Crippen molar-refractivity contribution in [3.05, 3.63) is 12.2 Å². The Labute approximate surface area is 75.4 Å². The second-order valence-electron chi connectivity index (χ2n) is 3.08. The van der Waals surface area contributed by atoms with Gasteiger partial charge in [0.15, 0.2) is 0 Å². The van der Waals surface area contributed by atoms with Gasteiger partial charge in [-0.3, -0.25) is 11.3 Å². The fourth-order valence-corrected chi connectivity index (χ4v) is 1.000. The van der Waals surface area contributed by atoms with E-state index in [2.05, 4.69) is 24.2 Å². The Morgan fingerprint density at radius 1 is 1.50 bits per heavy atom. The zero-order chi connectivity index (χ0) is 9.40. The van der Waals surface area contributed by atoms with Crippen LogP contribution in [-0.2, 0) is 0 Å². The Balaban J connectivity index is 3.31. The highest BCUT2D eigenvalue weighted by Gasteiger charge is 2.01. The summed E-state index contributed by atoms with van der Waals surface area (Å²) in [4.78, 5) is 0. The van der Waals surface area contributed by atoms with Gasteiger partial charge in [0.25, 0.3) is 0 Å². The van der Waals surface area contributed by atoms with E-state index in [1.165, 1.54) is 5.57 Å². The number of nitrogens with two attached hydrogens (primary N) is 1. The summed E-state index contributed by atoms with van der Waals surface area (Å²) in [5.74, 6) is 5.15. The fraction of sp³-hybridized carbons (Fsp3) is 0.778. The molecule has 0 aromatic carbocycles. The molecule has 0 fully saturated rings. The van der Waals surface area contributed by atoms with Gasteiger partial charge in [0.2, 0.25) is 0 Å². The average Bonchev–Trinajstić information content (AvgIpc) is 2.10. The number of hydrogen-bond donors (Lipinski definition) is 3. The molecule has 3 nitrogen and oxygen atoms in total. The standard InChI is InChI=1S/C9H21N3/c1-8(9(2)11-3)6-4-5-7-12-10/h9,11-12H,1,4-7,10H2,2-3H3. The topological polar surface area (TPSA) is 50.1 Å². The molecule has 0 saturated carbocycles. The van der Waals surface area contributed by atoms with E-state index in [-0.39, 0.29) is 0 Å². The van der Waals surface area contributed by atoms with Gasteiger partial charge in [-0.25, -0.2) is 0 Å². The van der Waals surface area contributed by atoms with Crippen LogP contribution in [0.5, 0.6) is 0 Å². The maximum Gasteiger partial charge on any atom is 0.0245 e. The van der Waals surface area contributed by atoms with E-state index in [1.54, 1.807) is 0 Å². The molecular formula is C9H21N3. The van der Waals surface area contributed by atoms with Gasteiger partial charge >= 0.3 is 0 Å². The molecule has 72 valence electrons. The lowest BCUT2D eigenvalue weighted by molar-refractivity contribution is 0.607. The zero-order valence-corrected chi connectivity index (χ0v) is 8.19. The Morgan fingerprint density at radius 2 is 2.17 bits per heavy atom. The third kappa shape index (κ3) is 5.29. The molecule has 0 amide bonds. The first kappa shape index (κ1) is 11.6. The van der Waals surface area contributed by atoms with Crippen LogP contribution in [0.15, 0.2) is 12.2 Å². The molecule has 0 aromatic rings. The minimum atomic E-state index is 0.427. The van der Waals surface area contributed by atoms with Crippen LogP contribution in [0.25, 0.3) is 0 Å². The normalized spacial score (nSPS) is 12.9. The summed E-state index contributed by atoms with van der Waals surface area (Å²) in [6, 6.07) is 0.427. The Kier molecular flexibility index (Phi) is 7.05. The first-order valence-corrected chi connectivity index (χ1v) is 4.50. The lowest BCUT2D eigenvalue weighted by Crippen LogP contribution is -2.24. The van der Waals surface area contributed by atoms with Crippen molar-refractivity contribution in [2.45, 2.75) is 32.2 Å². The van der Waals surface area contributed by atoms with Crippen molar-refractivity contribution >= 4 is 0 Å². The minimum absolute atomic E-state index is 0.427. The number of likely N-dealkylation sites (N-methyl/N-ethyl adjacent to an activating group) is 1. The molecule has 0 rings (SSSR count). The monoisotopic (exact) mass is 171 g/mol. The average molecular weight is 171 g/mol. The molecule has 0 aliphatic rings. The molecule has 4 N–H and O–H groups in total. The van der Waals surface area contributed by atoms with E-state index < -0.39 is 0 Å². The highest BCUT2D eigenvalue weighted by molar-refractivity contribution is 5.02. The lowest BCUT2D eigenvalue weighted by atomic mass is 10.0. The van der Waals surface area contributed by atoms with Crippen LogP contribution in [-0.4, -0.2) is 19.6 Å². The minimum Gasteiger partial charge on any atom is -0.314 e. The second-order valence-corrected chi connectivity index (χ2v) is 3.08. The zero-order valence-electron chi connectivity index (χ0n) is 8.19. The van der Waals surface area contributed by atoms with Crippen molar-refractivity contribution in [2.24, 2.45) is 5.84 Å². The van der Waals surface area contributed by atoms with E-state index in [0.717, 1.165) is 25.8 Å². The molecule has 0 radical (unpaired) electrons. The SMILES string of the molecule is C=C(CCCCNN)C(C)NC. The second kappa shape index (κ2) is 7.28. The number of unbranched alkanes of at least 4 members (excludes halogenated alkanes) is 1. The fourth-order valence-electron chi connectivity index (χ4n) is 1.000. The first-order chi connectivity index (χ1) is 5.72. The van der Waals surface area contributed by atoms with Gasteiger partial charge < -0.3 is 5.32 Å². The van der Waals surface area contributed by atoms with Gasteiger partial charge in [0, 0.05) is 12.6 Å².